The molecule has 1 N–H and O–H groups in total. The minimum Gasteiger partial charge on any atom is -0.378 e. The van der Waals surface area contributed by atoms with Crippen LogP contribution in [0.5, 0.6) is 0 Å². The van der Waals surface area contributed by atoms with Crippen LogP contribution in [0.2, 0.25) is 0 Å². The van der Waals surface area contributed by atoms with Gasteiger partial charge < -0.3 is 14.8 Å². The molecule has 1 heterocycles. The maximum absolute atomic E-state index is 5.62. The smallest absolute Gasteiger partial charge is 0.0701 e. The highest BCUT2D eigenvalue weighted by atomic mass is 16.5. The van der Waals surface area contributed by atoms with E-state index in [1.54, 1.807) is 0 Å². The zero-order valence-corrected chi connectivity index (χ0v) is 13.6. The quantitative estimate of drug-likeness (QED) is 0.565. The molecule has 0 atom stereocenters. The lowest BCUT2D eigenvalue weighted by Crippen LogP contribution is -2.49. The second kappa shape index (κ2) is 11.5. The van der Waals surface area contributed by atoms with Crippen LogP contribution in [0.3, 0.4) is 0 Å². The summed E-state index contributed by atoms with van der Waals surface area (Å²) in [5, 5.41) is 3.23. The molecule has 0 saturated carbocycles. The van der Waals surface area contributed by atoms with Crippen molar-refractivity contribution in [2.24, 2.45) is 0 Å². The Hall–Kier alpha value is -0.200. The Balaban J connectivity index is 1.85. The van der Waals surface area contributed by atoms with Gasteiger partial charge in [0, 0.05) is 45.3 Å². The van der Waals surface area contributed by atoms with Gasteiger partial charge in [-0.1, -0.05) is 6.92 Å². The molecule has 0 aromatic heterocycles. The van der Waals surface area contributed by atoms with Crippen LogP contribution in [-0.2, 0) is 9.47 Å². The average molecular weight is 287 g/mol. The topological polar surface area (TPSA) is 37.0 Å². The van der Waals surface area contributed by atoms with Crippen molar-refractivity contribution in [2.75, 3.05) is 72.2 Å². The minimum absolute atomic E-state index is 0.674. The van der Waals surface area contributed by atoms with E-state index in [2.05, 4.69) is 35.9 Å². The van der Waals surface area contributed by atoms with Gasteiger partial charge in [0.1, 0.15) is 0 Å². The Morgan fingerprint density at radius 3 is 2.20 bits per heavy atom. The lowest BCUT2D eigenvalue weighted by Gasteiger charge is -2.36. The molecular weight excluding hydrogens is 254 g/mol. The van der Waals surface area contributed by atoms with Crippen LogP contribution in [0, 0.1) is 0 Å². The molecule has 0 aromatic carbocycles. The largest absolute Gasteiger partial charge is 0.378 e. The second-order valence-electron chi connectivity index (χ2n) is 5.55. The summed E-state index contributed by atoms with van der Waals surface area (Å²) < 4.78 is 11.1. The summed E-state index contributed by atoms with van der Waals surface area (Å²) >= 11 is 0. The first-order valence-corrected chi connectivity index (χ1v) is 8.06. The third kappa shape index (κ3) is 8.17. The molecule has 1 aliphatic rings. The zero-order valence-electron chi connectivity index (χ0n) is 13.6. The van der Waals surface area contributed by atoms with E-state index in [9.17, 15) is 0 Å². The van der Waals surface area contributed by atoms with E-state index in [1.807, 2.05) is 0 Å². The molecule has 0 bridgehead atoms. The normalized spacial score (nSPS) is 18.0. The predicted octanol–water partition coefficient (Wildman–Crippen LogP) is 0.655. The van der Waals surface area contributed by atoms with Crippen molar-refractivity contribution in [3.8, 4) is 0 Å². The molecule has 20 heavy (non-hydrogen) atoms. The van der Waals surface area contributed by atoms with Gasteiger partial charge in [0.25, 0.3) is 0 Å². The van der Waals surface area contributed by atoms with Gasteiger partial charge >= 0.3 is 0 Å². The van der Waals surface area contributed by atoms with Crippen LogP contribution >= 0.6 is 0 Å². The fourth-order valence-corrected chi connectivity index (χ4v) is 2.34. The molecule has 120 valence electrons. The summed E-state index contributed by atoms with van der Waals surface area (Å²) in [5.41, 5.74) is 0. The summed E-state index contributed by atoms with van der Waals surface area (Å²) in [6.07, 6.45) is 0. The van der Waals surface area contributed by atoms with Crippen LogP contribution in [0.25, 0.3) is 0 Å². The van der Waals surface area contributed by atoms with Gasteiger partial charge in [-0.3, -0.25) is 9.80 Å². The molecular formula is C15H33N3O2. The molecule has 1 fully saturated rings. The first-order chi connectivity index (χ1) is 9.74. The monoisotopic (exact) mass is 287 g/mol. The highest BCUT2D eigenvalue weighted by Crippen LogP contribution is 2.05. The van der Waals surface area contributed by atoms with Crippen molar-refractivity contribution in [1.29, 1.82) is 0 Å². The molecule has 5 heteroatoms. The highest BCUT2D eigenvalue weighted by Gasteiger charge is 2.17. The summed E-state index contributed by atoms with van der Waals surface area (Å²) in [7, 11) is 0. The van der Waals surface area contributed by atoms with Crippen LogP contribution in [0.4, 0.5) is 0 Å². The number of nitrogens with zero attached hydrogens (tertiary/aromatic N) is 2. The molecule has 0 amide bonds. The number of hydrogen-bond acceptors (Lipinski definition) is 5. The summed E-state index contributed by atoms with van der Waals surface area (Å²) in [6.45, 7) is 17.3. The van der Waals surface area contributed by atoms with Crippen molar-refractivity contribution in [3.05, 3.63) is 0 Å². The minimum atomic E-state index is 0.674. The maximum Gasteiger partial charge on any atom is 0.0701 e. The number of nitrogens with one attached hydrogen (secondary N) is 1. The number of piperazine rings is 1. The number of likely N-dealkylation sites (N-methyl/N-ethyl adjacent to an activating group) is 1. The fraction of sp³-hybridized carbons (Fsp3) is 1.00. The maximum atomic E-state index is 5.62. The number of hydrogen-bond donors (Lipinski definition) is 1. The lowest BCUT2D eigenvalue weighted by atomic mass is 10.2. The molecule has 5 nitrogen and oxygen atoms in total. The second-order valence-corrected chi connectivity index (χ2v) is 5.55. The standard InChI is InChI=1S/C15H33N3O2/c1-4-16-5-11-19-13-14-20-12-10-17-6-8-18(9-7-17)15(2)3/h15-16H,4-14H2,1-3H3. The highest BCUT2D eigenvalue weighted by molar-refractivity contribution is 4.73. The molecule has 0 unspecified atom stereocenters. The molecule has 1 aliphatic heterocycles. The third-order valence-electron chi connectivity index (χ3n) is 3.73. The van der Waals surface area contributed by atoms with E-state index in [0.29, 0.717) is 19.3 Å². The summed E-state index contributed by atoms with van der Waals surface area (Å²) in [5.74, 6) is 0. The Labute approximate surface area is 124 Å². The van der Waals surface area contributed by atoms with Gasteiger partial charge in [0.2, 0.25) is 0 Å². The third-order valence-corrected chi connectivity index (χ3v) is 3.73. The Morgan fingerprint density at radius 2 is 1.60 bits per heavy atom. The van der Waals surface area contributed by atoms with Gasteiger partial charge in [0.15, 0.2) is 0 Å². The average Bonchev–Trinajstić information content (AvgIpc) is 2.46. The van der Waals surface area contributed by atoms with Crippen molar-refractivity contribution in [3.63, 3.8) is 0 Å². The number of rotatable bonds is 11. The van der Waals surface area contributed by atoms with Crippen LogP contribution in [-0.4, -0.2) is 88.1 Å². The van der Waals surface area contributed by atoms with Gasteiger partial charge in [-0.05, 0) is 20.4 Å². The van der Waals surface area contributed by atoms with E-state index in [4.69, 9.17) is 9.47 Å². The number of ether oxygens (including phenoxy) is 2. The van der Waals surface area contributed by atoms with Gasteiger partial charge in [-0.15, -0.1) is 0 Å². The SMILES string of the molecule is CCNCCOCCOCCN1CCN(C(C)C)CC1. The first-order valence-electron chi connectivity index (χ1n) is 8.06. The van der Waals surface area contributed by atoms with Crippen LogP contribution < -0.4 is 5.32 Å². The molecule has 0 spiro atoms. The molecule has 0 radical (unpaired) electrons. The first kappa shape index (κ1) is 17.9. The molecule has 0 aromatic rings. The molecule has 1 saturated heterocycles. The Morgan fingerprint density at radius 1 is 0.950 bits per heavy atom. The van der Waals surface area contributed by atoms with Crippen molar-refractivity contribution in [2.45, 2.75) is 26.8 Å². The van der Waals surface area contributed by atoms with Crippen molar-refractivity contribution < 1.29 is 9.47 Å². The fourth-order valence-electron chi connectivity index (χ4n) is 2.34. The van der Waals surface area contributed by atoms with E-state index < -0.39 is 0 Å². The van der Waals surface area contributed by atoms with E-state index in [1.165, 1.54) is 26.2 Å². The van der Waals surface area contributed by atoms with Crippen molar-refractivity contribution in [1.82, 2.24) is 15.1 Å². The van der Waals surface area contributed by atoms with Gasteiger partial charge in [-0.25, -0.2) is 0 Å². The summed E-state index contributed by atoms with van der Waals surface area (Å²) in [4.78, 5) is 5.03. The van der Waals surface area contributed by atoms with E-state index in [-0.39, 0.29) is 0 Å². The van der Waals surface area contributed by atoms with Gasteiger partial charge in [-0.2, -0.15) is 0 Å². The molecule has 1 rings (SSSR count). The van der Waals surface area contributed by atoms with Crippen molar-refractivity contribution >= 4 is 0 Å². The lowest BCUT2D eigenvalue weighted by molar-refractivity contribution is 0.0302. The van der Waals surface area contributed by atoms with Crippen LogP contribution in [0.1, 0.15) is 20.8 Å². The molecule has 0 aliphatic carbocycles. The van der Waals surface area contributed by atoms with Gasteiger partial charge in [0.05, 0.1) is 26.4 Å². The summed E-state index contributed by atoms with van der Waals surface area (Å²) in [6, 6.07) is 0.674. The zero-order chi connectivity index (χ0) is 14.6. The Bertz CT molecular complexity index is 219. The van der Waals surface area contributed by atoms with Crippen LogP contribution in [0.15, 0.2) is 0 Å². The Kier molecular flexibility index (Phi) is 10.2. The van der Waals surface area contributed by atoms with E-state index >= 15 is 0 Å². The predicted molar refractivity (Wildman–Crippen MR) is 83.3 cm³/mol. The van der Waals surface area contributed by atoms with E-state index in [0.717, 1.165) is 32.8 Å².